The third-order valence-electron chi connectivity index (χ3n) is 3.54. The molecule has 0 fully saturated rings. The Labute approximate surface area is 133 Å². The second-order valence-electron chi connectivity index (χ2n) is 4.89. The van der Waals surface area contributed by atoms with Crippen LogP contribution in [0.15, 0.2) is 36.4 Å². The quantitative estimate of drug-likeness (QED) is 0.506. The number of carbonyl (C=O) groups excluding carboxylic acids is 2. The van der Waals surface area contributed by atoms with Crippen molar-refractivity contribution in [1.82, 2.24) is 0 Å². The lowest BCUT2D eigenvalue weighted by molar-refractivity contribution is -0.385. The van der Waals surface area contributed by atoms with E-state index in [9.17, 15) is 29.6 Å². The zero-order valence-electron chi connectivity index (χ0n) is 11.8. The number of carbonyl (C=O) groups is 3. The number of rotatable bonds is 3. The molecule has 24 heavy (non-hydrogen) atoms. The molecule has 2 aromatic carbocycles. The van der Waals surface area contributed by atoms with Gasteiger partial charge in [-0.3, -0.25) is 19.7 Å². The summed E-state index contributed by atoms with van der Waals surface area (Å²) < 4.78 is 0. The summed E-state index contributed by atoms with van der Waals surface area (Å²) in [5, 5.41) is 31.5. The van der Waals surface area contributed by atoms with Gasteiger partial charge in [-0.15, -0.1) is 0 Å². The number of hydrogen-bond donors (Lipinski definition) is 1. The molecule has 0 aromatic heterocycles. The van der Waals surface area contributed by atoms with Crippen molar-refractivity contribution < 1.29 is 29.5 Å². The zero-order valence-corrected chi connectivity index (χ0v) is 11.8. The monoisotopic (exact) mass is 327 g/mol. The molecule has 0 saturated carbocycles. The molecule has 1 N–H and O–H groups in total. The molecule has 0 bridgehead atoms. The maximum atomic E-state index is 12.5. The van der Waals surface area contributed by atoms with Gasteiger partial charge in [0.1, 0.15) is 5.56 Å². The van der Waals surface area contributed by atoms with Crippen molar-refractivity contribution in [2.45, 2.75) is 0 Å². The van der Waals surface area contributed by atoms with E-state index in [1.54, 1.807) is 0 Å². The normalized spacial score (nSPS) is 13.1. The molecule has 9 nitrogen and oxygen atoms in total. The van der Waals surface area contributed by atoms with Crippen LogP contribution in [0.1, 0.15) is 31.1 Å². The molecular weight excluding hydrogens is 320 g/mol. The highest BCUT2D eigenvalue weighted by Gasteiger charge is 2.41. The molecule has 3 rings (SSSR count). The number of benzene rings is 2. The van der Waals surface area contributed by atoms with Crippen molar-refractivity contribution in [2.75, 3.05) is 4.90 Å². The number of amides is 2. The topological polar surface area (TPSA) is 141 Å². The number of carboxylic acid groups (broad SMARTS) is 1. The summed E-state index contributed by atoms with van der Waals surface area (Å²) in [4.78, 5) is 46.8. The van der Waals surface area contributed by atoms with Crippen molar-refractivity contribution in [3.8, 4) is 5.75 Å². The second-order valence-corrected chi connectivity index (χ2v) is 4.89. The van der Waals surface area contributed by atoms with E-state index in [1.807, 2.05) is 0 Å². The molecule has 1 heterocycles. The standard InChI is InChI=1S/C15H8N2O7/c18-11-5-4-7(6-9(11)15(21)22)16-13(19)8-2-1-3-10(17(23)24)12(8)14(16)20/h1-6,18H,(H,21,22)/p-1. The summed E-state index contributed by atoms with van der Waals surface area (Å²) in [6.45, 7) is 0. The molecule has 0 saturated heterocycles. The van der Waals surface area contributed by atoms with Crippen molar-refractivity contribution >= 4 is 29.2 Å². The van der Waals surface area contributed by atoms with E-state index in [2.05, 4.69) is 0 Å². The summed E-state index contributed by atoms with van der Waals surface area (Å²) >= 11 is 0. The highest BCUT2D eigenvalue weighted by atomic mass is 16.6. The second kappa shape index (κ2) is 5.16. The Balaban J connectivity index is 2.16. The van der Waals surface area contributed by atoms with E-state index in [0.29, 0.717) is 4.90 Å². The Morgan fingerprint density at radius 3 is 2.46 bits per heavy atom. The summed E-state index contributed by atoms with van der Waals surface area (Å²) in [6, 6.07) is 6.55. The number of nitro groups is 1. The Morgan fingerprint density at radius 2 is 1.83 bits per heavy atom. The van der Waals surface area contributed by atoms with Gasteiger partial charge in [-0.2, -0.15) is 0 Å². The molecule has 1 aliphatic rings. The molecule has 2 aromatic rings. The number of aromatic carboxylic acids is 1. The first kappa shape index (κ1) is 15.2. The van der Waals surface area contributed by atoms with Crippen LogP contribution in [0, 0.1) is 10.1 Å². The minimum atomic E-state index is -1.51. The molecule has 0 aliphatic carbocycles. The van der Waals surface area contributed by atoms with Crippen molar-refractivity contribution in [1.29, 1.82) is 0 Å². The fraction of sp³-hybridized carbons (Fsp3) is 0. The Morgan fingerprint density at radius 1 is 1.12 bits per heavy atom. The number of imide groups is 1. The summed E-state index contributed by atoms with van der Waals surface area (Å²) in [7, 11) is 0. The van der Waals surface area contributed by atoms with Gasteiger partial charge < -0.3 is 10.2 Å². The lowest BCUT2D eigenvalue weighted by Gasteiger charge is -2.17. The van der Waals surface area contributed by atoms with Gasteiger partial charge in [0.25, 0.3) is 17.5 Å². The third-order valence-corrected chi connectivity index (χ3v) is 3.54. The maximum Gasteiger partial charge on any atom is 0.335 e. The van der Waals surface area contributed by atoms with Crippen molar-refractivity contribution in [3.05, 3.63) is 63.2 Å². The van der Waals surface area contributed by atoms with E-state index in [0.717, 1.165) is 24.3 Å². The van der Waals surface area contributed by atoms with Crippen LogP contribution in [0.4, 0.5) is 11.4 Å². The first-order chi connectivity index (χ1) is 11.3. The first-order valence-corrected chi connectivity index (χ1v) is 6.53. The van der Waals surface area contributed by atoms with E-state index in [4.69, 9.17) is 5.11 Å². The van der Waals surface area contributed by atoms with Gasteiger partial charge in [-0.1, -0.05) is 17.9 Å². The highest BCUT2D eigenvalue weighted by molar-refractivity contribution is 6.35. The number of anilines is 1. The van der Waals surface area contributed by atoms with E-state index in [1.165, 1.54) is 12.1 Å². The lowest BCUT2D eigenvalue weighted by Crippen LogP contribution is -2.29. The smallest absolute Gasteiger partial charge is 0.335 e. The van der Waals surface area contributed by atoms with Crippen LogP contribution in [-0.2, 0) is 0 Å². The predicted molar refractivity (Wildman–Crippen MR) is 77.1 cm³/mol. The van der Waals surface area contributed by atoms with Crippen LogP contribution in [0.3, 0.4) is 0 Å². The van der Waals surface area contributed by atoms with Gasteiger partial charge in [-0.05, 0) is 18.2 Å². The number of nitro benzene ring substituents is 1. The molecule has 9 heteroatoms. The van der Waals surface area contributed by atoms with Gasteiger partial charge in [-0.25, -0.2) is 9.69 Å². The molecule has 0 radical (unpaired) electrons. The number of fused-ring (bicyclic) bond motifs is 1. The van der Waals surface area contributed by atoms with Crippen LogP contribution in [0.25, 0.3) is 0 Å². The van der Waals surface area contributed by atoms with Crippen LogP contribution in [0.2, 0.25) is 0 Å². The summed E-state index contributed by atoms with van der Waals surface area (Å²) in [6.07, 6.45) is 0. The molecule has 0 atom stereocenters. The van der Waals surface area contributed by atoms with Crippen LogP contribution in [0.5, 0.6) is 5.75 Å². The van der Waals surface area contributed by atoms with Gasteiger partial charge in [0.05, 0.1) is 21.7 Å². The Hall–Kier alpha value is -3.75. The van der Waals surface area contributed by atoms with Crippen molar-refractivity contribution in [3.63, 3.8) is 0 Å². The highest BCUT2D eigenvalue weighted by Crippen LogP contribution is 2.34. The molecule has 120 valence electrons. The average molecular weight is 327 g/mol. The molecular formula is C15H7N2O7-. The fourth-order valence-electron chi connectivity index (χ4n) is 2.48. The zero-order chi connectivity index (χ0) is 17.6. The summed E-state index contributed by atoms with van der Waals surface area (Å²) in [5.74, 6) is -4.07. The van der Waals surface area contributed by atoms with E-state index < -0.39 is 39.7 Å². The minimum Gasteiger partial charge on any atom is -0.872 e. The number of nitrogens with zero attached hydrogens (tertiary/aromatic N) is 2. The molecule has 0 unspecified atom stereocenters. The lowest BCUT2D eigenvalue weighted by atomic mass is 10.1. The van der Waals surface area contributed by atoms with E-state index >= 15 is 0 Å². The van der Waals surface area contributed by atoms with Gasteiger partial charge in [0, 0.05) is 6.07 Å². The Kier molecular flexibility index (Phi) is 3.26. The van der Waals surface area contributed by atoms with Gasteiger partial charge in [0.2, 0.25) is 0 Å². The predicted octanol–water partition coefficient (Wildman–Crippen LogP) is 1.17. The van der Waals surface area contributed by atoms with Crippen LogP contribution < -0.4 is 10.0 Å². The third kappa shape index (κ3) is 2.07. The van der Waals surface area contributed by atoms with Crippen LogP contribution >= 0.6 is 0 Å². The van der Waals surface area contributed by atoms with E-state index in [-0.39, 0.29) is 16.8 Å². The van der Waals surface area contributed by atoms with Crippen molar-refractivity contribution in [2.24, 2.45) is 0 Å². The largest absolute Gasteiger partial charge is 0.872 e. The first-order valence-electron chi connectivity index (χ1n) is 6.53. The van der Waals surface area contributed by atoms with Crippen LogP contribution in [-0.4, -0.2) is 27.8 Å². The fourth-order valence-corrected chi connectivity index (χ4v) is 2.48. The SMILES string of the molecule is O=C(O)c1cc(N2C(=O)c3cccc([N+](=O)[O-])c3C2=O)ccc1[O-]. The number of carboxylic acids is 1. The molecule has 0 spiro atoms. The Bertz CT molecular complexity index is 935. The van der Waals surface area contributed by atoms with Gasteiger partial charge >= 0.3 is 5.97 Å². The maximum absolute atomic E-state index is 12.5. The minimum absolute atomic E-state index is 0.146. The molecule has 1 aliphatic heterocycles. The van der Waals surface area contributed by atoms with Gasteiger partial charge in [0.15, 0.2) is 0 Å². The average Bonchev–Trinajstić information content (AvgIpc) is 2.79. The number of hydrogen-bond acceptors (Lipinski definition) is 6. The molecule has 2 amide bonds. The summed E-state index contributed by atoms with van der Waals surface area (Å²) in [5.41, 5.74) is -1.80.